The van der Waals surface area contributed by atoms with Gasteiger partial charge < -0.3 is 13.9 Å². The number of carbonyl (C=O) groups excluding carboxylic acids is 1. The summed E-state index contributed by atoms with van der Waals surface area (Å²) in [7, 11) is -2.76. The van der Waals surface area contributed by atoms with E-state index in [0.717, 1.165) is 4.90 Å². The van der Waals surface area contributed by atoms with Crippen molar-refractivity contribution in [2.24, 2.45) is 0 Å². The van der Waals surface area contributed by atoms with Gasteiger partial charge in [-0.05, 0) is 18.2 Å². The van der Waals surface area contributed by atoms with Gasteiger partial charge in [0.1, 0.15) is 6.26 Å². The first-order valence-electron chi connectivity index (χ1n) is 9.11. The average Bonchev–Trinajstić information content (AvgIpc) is 3.27. The molecule has 2 aromatic carbocycles. The molecule has 1 aliphatic rings. The van der Waals surface area contributed by atoms with Crippen molar-refractivity contribution in [3.8, 4) is 17.6 Å². The number of oxazole rings is 1. The van der Waals surface area contributed by atoms with Gasteiger partial charge in [0.2, 0.25) is 5.82 Å². The summed E-state index contributed by atoms with van der Waals surface area (Å²) in [6.45, 7) is -0.314. The molecule has 0 aliphatic carbocycles. The van der Waals surface area contributed by atoms with Crippen molar-refractivity contribution in [1.82, 2.24) is 14.6 Å². The Morgan fingerprint density at radius 2 is 2.03 bits per heavy atom. The molecule has 10 nitrogen and oxygen atoms in total. The minimum atomic E-state index is -3.93. The van der Waals surface area contributed by atoms with Crippen molar-refractivity contribution < 1.29 is 35.9 Å². The lowest BCUT2D eigenvalue weighted by molar-refractivity contribution is 0.131. The number of ether oxygens (including phenoxy) is 2. The molecule has 32 heavy (non-hydrogen) atoms. The maximum Gasteiger partial charge on any atom is 0.415 e. The molecule has 4 rings (SSSR count). The van der Waals surface area contributed by atoms with E-state index < -0.39 is 27.9 Å². The first kappa shape index (κ1) is 21.5. The number of halogens is 2. The summed E-state index contributed by atoms with van der Waals surface area (Å²) in [4.78, 5) is 17.3. The number of aromatic nitrogens is 1. The zero-order valence-corrected chi connectivity index (χ0v) is 17.3. The van der Waals surface area contributed by atoms with Crippen molar-refractivity contribution in [3.63, 3.8) is 0 Å². The molecule has 2 N–H and O–H groups in total. The van der Waals surface area contributed by atoms with E-state index in [1.165, 1.54) is 49.8 Å². The van der Waals surface area contributed by atoms with Crippen LogP contribution in [0.2, 0.25) is 0 Å². The number of nitrogens with one attached hydrogen (secondary N) is 2. The van der Waals surface area contributed by atoms with Gasteiger partial charge in [0.25, 0.3) is 10.2 Å². The monoisotopic (exact) mass is 466 g/mol. The molecule has 2 heterocycles. The number of fused-ring (bicyclic) bond motifs is 1. The second-order valence-electron chi connectivity index (χ2n) is 6.58. The Balaban J connectivity index is 1.55. The van der Waals surface area contributed by atoms with E-state index in [2.05, 4.69) is 4.98 Å². The lowest BCUT2D eigenvalue weighted by Gasteiger charge is -2.28. The molecular weight excluding hydrogens is 450 g/mol. The highest BCUT2D eigenvalue weighted by Crippen LogP contribution is 2.36. The number of nitrogens with zero attached hydrogens (tertiary/aromatic N) is 2. The molecule has 0 radical (unpaired) electrons. The maximum atomic E-state index is 14.8. The number of hydrogen-bond donors (Lipinski definition) is 2. The van der Waals surface area contributed by atoms with Crippen molar-refractivity contribution in [2.75, 3.05) is 11.8 Å². The first-order valence-corrected chi connectivity index (χ1v) is 10.6. The third kappa shape index (κ3) is 4.33. The summed E-state index contributed by atoms with van der Waals surface area (Å²) >= 11 is 0. The van der Waals surface area contributed by atoms with Crippen molar-refractivity contribution in [1.29, 1.82) is 0 Å². The summed E-state index contributed by atoms with van der Waals surface area (Å²) in [5.74, 6) is -2.33. The summed E-state index contributed by atoms with van der Waals surface area (Å²) in [6, 6.07) is 6.88. The van der Waals surface area contributed by atoms with Gasteiger partial charge in [0, 0.05) is 18.2 Å². The van der Waals surface area contributed by atoms with Crippen LogP contribution in [0.1, 0.15) is 11.1 Å². The molecule has 0 saturated heterocycles. The molecule has 1 aromatic heterocycles. The third-order valence-electron chi connectivity index (χ3n) is 4.51. The molecule has 0 spiro atoms. The minimum absolute atomic E-state index is 0.0334. The first-order chi connectivity index (χ1) is 15.3. The van der Waals surface area contributed by atoms with Crippen LogP contribution in [-0.2, 0) is 23.3 Å². The normalized spacial score (nSPS) is 13.5. The molecule has 0 fully saturated rings. The summed E-state index contributed by atoms with van der Waals surface area (Å²) in [5.41, 5.74) is 0.0716. The Bertz CT molecular complexity index is 1270. The quantitative estimate of drug-likeness (QED) is 0.548. The van der Waals surface area contributed by atoms with Crippen molar-refractivity contribution in [2.45, 2.75) is 13.1 Å². The van der Waals surface area contributed by atoms with Gasteiger partial charge in [-0.3, -0.25) is 9.62 Å². The molecule has 13 heteroatoms. The summed E-state index contributed by atoms with van der Waals surface area (Å²) in [5, 5.41) is 0. The summed E-state index contributed by atoms with van der Waals surface area (Å²) in [6.07, 6.45) is 1.48. The van der Waals surface area contributed by atoms with Crippen LogP contribution >= 0.6 is 0 Å². The third-order valence-corrected chi connectivity index (χ3v) is 5.54. The molecule has 0 bridgehead atoms. The molecule has 1 amide bonds. The topological polar surface area (TPSA) is 123 Å². The van der Waals surface area contributed by atoms with E-state index in [0.29, 0.717) is 5.56 Å². The largest absolute Gasteiger partial charge is 0.417 e. The van der Waals surface area contributed by atoms with E-state index in [4.69, 9.17) is 13.9 Å². The van der Waals surface area contributed by atoms with Gasteiger partial charge in [-0.2, -0.15) is 17.8 Å². The van der Waals surface area contributed by atoms with E-state index in [1.807, 2.05) is 9.44 Å². The van der Waals surface area contributed by atoms with E-state index in [1.54, 1.807) is 0 Å². The number of hydrogen-bond acceptors (Lipinski definition) is 7. The van der Waals surface area contributed by atoms with Crippen LogP contribution in [-0.4, -0.2) is 31.4 Å². The highest BCUT2D eigenvalue weighted by atomic mass is 32.2. The molecular formula is C19H16F2N4O6S. The Morgan fingerprint density at radius 3 is 2.75 bits per heavy atom. The van der Waals surface area contributed by atoms with E-state index >= 15 is 0 Å². The van der Waals surface area contributed by atoms with Gasteiger partial charge >= 0.3 is 12.2 Å². The smallest absolute Gasteiger partial charge is 0.415 e. The highest BCUT2D eigenvalue weighted by molar-refractivity contribution is 7.90. The van der Waals surface area contributed by atoms with Crippen LogP contribution in [0.3, 0.4) is 0 Å². The molecule has 168 valence electrons. The van der Waals surface area contributed by atoms with Gasteiger partial charge in [-0.1, -0.05) is 12.1 Å². The second-order valence-corrected chi connectivity index (χ2v) is 8.20. The number of amides is 1. The standard InChI is InChI=1S/C19H16F2N4O6S/c1-22-32(27,28)24-13-4-2-3-11(15(13)20)9-25-10-12-5-6-14(30-18-23-7-8-29-18)16(21)17(12)31-19(25)26/h2-8,22,24H,9-10H2,1H3. The maximum absolute atomic E-state index is 14.8. The van der Waals surface area contributed by atoms with Gasteiger partial charge in [0.05, 0.1) is 25.0 Å². The van der Waals surface area contributed by atoms with Gasteiger partial charge in [-0.15, -0.1) is 0 Å². The fraction of sp³-hybridized carbons (Fsp3) is 0.158. The molecule has 0 unspecified atom stereocenters. The van der Waals surface area contributed by atoms with Crippen LogP contribution < -0.4 is 18.9 Å². The SMILES string of the molecule is CNS(=O)(=O)Nc1cccc(CN2Cc3ccc(Oc4ncco4)c(F)c3OC2=O)c1F. The predicted molar refractivity (Wildman–Crippen MR) is 106 cm³/mol. The van der Waals surface area contributed by atoms with Gasteiger partial charge in [-0.25, -0.2) is 13.9 Å². The lowest BCUT2D eigenvalue weighted by Crippen LogP contribution is -2.37. The number of benzene rings is 2. The lowest BCUT2D eigenvalue weighted by atomic mass is 10.1. The van der Waals surface area contributed by atoms with E-state index in [9.17, 15) is 22.0 Å². The van der Waals surface area contributed by atoms with E-state index in [-0.39, 0.29) is 41.9 Å². The van der Waals surface area contributed by atoms with Crippen LogP contribution in [0.4, 0.5) is 19.3 Å². The molecule has 0 atom stereocenters. The number of anilines is 1. The summed E-state index contributed by atoms with van der Waals surface area (Å²) < 4.78 is 72.1. The highest BCUT2D eigenvalue weighted by Gasteiger charge is 2.30. The Labute approximate surface area is 180 Å². The van der Waals surface area contributed by atoms with Crippen LogP contribution in [0.5, 0.6) is 17.6 Å². The molecule has 3 aromatic rings. The fourth-order valence-corrected chi connectivity index (χ4v) is 3.52. The van der Waals surface area contributed by atoms with Crippen LogP contribution in [0.25, 0.3) is 0 Å². The zero-order chi connectivity index (χ0) is 22.9. The van der Waals surface area contributed by atoms with Crippen LogP contribution in [0.15, 0.2) is 47.2 Å². The Hall–Kier alpha value is -3.71. The van der Waals surface area contributed by atoms with Crippen molar-refractivity contribution in [3.05, 3.63) is 65.6 Å². The van der Waals surface area contributed by atoms with Crippen LogP contribution in [0, 0.1) is 11.6 Å². The average molecular weight is 466 g/mol. The molecule has 1 aliphatic heterocycles. The Kier molecular flexibility index (Phi) is 5.67. The second kappa shape index (κ2) is 8.43. The number of carbonyl (C=O) groups is 1. The predicted octanol–water partition coefficient (Wildman–Crippen LogP) is 3.14. The minimum Gasteiger partial charge on any atom is -0.417 e. The van der Waals surface area contributed by atoms with Crippen molar-refractivity contribution >= 4 is 22.0 Å². The van der Waals surface area contributed by atoms with Gasteiger partial charge in [0.15, 0.2) is 17.3 Å². The fourth-order valence-electron chi connectivity index (χ4n) is 2.97. The molecule has 0 saturated carbocycles. The number of rotatable bonds is 7. The Morgan fingerprint density at radius 1 is 1.22 bits per heavy atom. The zero-order valence-electron chi connectivity index (χ0n) is 16.5.